The van der Waals surface area contributed by atoms with Crippen molar-refractivity contribution in [3.8, 4) is 22.9 Å². The van der Waals surface area contributed by atoms with Gasteiger partial charge in [-0.1, -0.05) is 19.1 Å². The second-order valence-electron chi connectivity index (χ2n) is 11.5. The van der Waals surface area contributed by atoms with E-state index < -0.39 is 29.2 Å². The van der Waals surface area contributed by atoms with Gasteiger partial charge in [-0.15, -0.1) is 0 Å². The largest absolute Gasteiger partial charge is 0.457 e. The molecule has 0 spiro atoms. The van der Waals surface area contributed by atoms with Gasteiger partial charge in [0.25, 0.3) is 5.56 Å². The zero-order valence-corrected chi connectivity index (χ0v) is 24.5. The van der Waals surface area contributed by atoms with Gasteiger partial charge in [0, 0.05) is 36.0 Å². The number of cyclic esters (lactones) is 1. The van der Waals surface area contributed by atoms with Gasteiger partial charge in [0.15, 0.2) is 11.5 Å². The lowest BCUT2D eigenvalue weighted by molar-refractivity contribution is -0.188. The van der Waals surface area contributed by atoms with Gasteiger partial charge in [0.05, 0.1) is 29.0 Å². The summed E-state index contributed by atoms with van der Waals surface area (Å²) in [7, 11) is 0. The van der Waals surface area contributed by atoms with Gasteiger partial charge in [0.2, 0.25) is 12.4 Å². The minimum Gasteiger partial charge on any atom is -0.457 e. The summed E-state index contributed by atoms with van der Waals surface area (Å²) < 4.78 is 29.0. The summed E-state index contributed by atoms with van der Waals surface area (Å²) in [6.07, 6.45) is 3.19. The highest BCUT2D eigenvalue weighted by molar-refractivity contribution is 5.96. The summed E-state index contributed by atoms with van der Waals surface area (Å²) in [6.45, 7) is 8.52. The number of hydrogen-bond acceptors (Lipinski definition) is 10. The van der Waals surface area contributed by atoms with E-state index in [0.29, 0.717) is 34.0 Å². The van der Waals surface area contributed by atoms with Crippen molar-refractivity contribution >= 4 is 35.0 Å². The van der Waals surface area contributed by atoms with Crippen molar-refractivity contribution < 1.29 is 38.1 Å². The summed E-state index contributed by atoms with van der Waals surface area (Å²) in [5, 5.41) is 3.48. The highest BCUT2D eigenvalue weighted by atomic mass is 16.7. The van der Waals surface area contributed by atoms with Crippen LogP contribution in [0.15, 0.2) is 29.1 Å². The number of aromatic nitrogens is 2. The van der Waals surface area contributed by atoms with Gasteiger partial charge < -0.3 is 33.6 Å². The number of ether oxygens (including phenoxy) is 5. The maximum atomic E-state index is 13.9. The normalized spacial score (nSPS) is 18.2. The van der Waals surface area contributed by atoms with Crippen molar-refractivity contribution in [3.05, 3.63) is 56.9 Å². The van der Waals surface area contributed by atoms with Crippen molar-refractivity contribution in [3.63, 3.8) is 0 Å². The number of pyridine rings is 2. The Kier molecular flexibility index (Phi) is 6.67. The van der Waals surface area contributed by atoms with Gasteiger partial charge in [-0.3, -0.25) is 9.59 Å². The van der Waals surface area contributed by atoms with Gasteiger partial charge >= 0.3 is 18.0 Å². The molecule has 0 aliphatic carbocycles. The van der Waals surface area contributed by atoms with Crippen LogP contribution in [0, 0.1) is 0 Å². The zero-order chi connectivity index (χ0) is 30.7. The fourth-order valence-electron chi connectivity index (χ4n) is 5.73. The maximum Gasteiger partial charge on any atom is 0.407 e. The van der Waals surface area contributed by atoms with Crippen LogP contribution in [0.1, 0.15) is 63.3 Å². The van der Waals surface area contributed by atoms with Crippen LogP contribution in [0.5, 0.6) is 11.5 Å². The minimum absolute atomic E-state index is 0.0847. The topological polar surface area (TPSA) is 144 Å². The number of esters is 2. The molecule has 0 radical (unpaired) electrons. The molecule has 12 nitrogen and oxygen atoms in total. The average Bonchev–Trinajstić information content (AvgIpc) is 3.54. The van der Waals surface area contributed by atoms with E-state index in [1.165, 1.54) is 6.92 Å². The van der Waals surface area contributed by atoms with E-state index in [1.807, 2.05) is 12.1 Å². The first-order chi connectivity index (χ1) is 20.4. The number of carbonyl (C=O) groups is 3. The molecule has 1 unspecified atom stereocenters. The first-order valence-electron chi connectivity index (χ1n) is 14.0. The second-order valence-corrected chi connectivity index (χ2v) is 11.5. The Bertz CT molecular complexity index is 1800. The molecule has 1 atom stereocenters. The van der Waals surface area contributed by atoms with Crippen LogP contribution in [0.4, 0.5) is 4.79 Å². The van der Waals surface area contributed by atoms with E-state index in [1.54, 1.807) is 50.5 Å². The Morgan fingerprint density at radius 2 is 1.86 bits per heavy atom. The molecule has 0 fully saturated rings. The van der Waals surface area contributed by atoms with Crippen LogP contribution >= 0.6 is 0 Å². The molecule has 224 valence electrons. The number of alkyl carbamates (subject to hydrolysis) is 1. The molecule has 1 amide bonds. The molecule has 5 heterocycles. The van der Waals surface area contributed by atoms with Crippen molar-refractivity contribution in [2.45, 2.75) is 65.4 Å². The molecule has 6 rings (SSSR count). The van der Waals surface area contributed by atoms with Crippen molar-refractivity contribution in [2.24, 2.45) is 0 Å². The maximum absolute atomic E-state index is 13.9. The lowest BCUT2D eigenvalue weighted by atomic mass is 9.85. The van der Waals surface area contributed by atoms with E-state index in [4.69, 9.17) is 28.7 Å². The van der Waals surface area contributed by atoms with E-state index in [-0.39, 0.29) is 44.0 Å². The van der Waals surface area contributed by atoms with E-state index in [0.717, 1.165) is 16.5 Å². The van der Waals surface area contributed by atoms with Crippen LogP contribution in [0.25, 0.3) is 28.4 Å². The van der Waals surface area contributed by atoms with Crippen LogP contribution in [0.2, 0.25) is 0 Å². The van der Waals surface area contributed by atoms with Gasteiger partial charge in [0.1, 0.15) is 12.2 Å². The molecular weight excluding hydrogens is 558 g/mol. The third kappa shape index (κ3) is 4.76. The molecular formula is C31H31N3O9. The number of amides is 1. The van der Waals surface area contributed by atoms with E-state index in [9.17, 15) is 19.2 Å². The molecule has 0 saturated carbocycles. The lowest BCUT2D eigenvalue weighted by Crippen LogP contribution is -2.47. The molecule has 3 aliphatic rings. The molecule has 3 aliphatic heterocycles. The molecule has 0 bridgehead atoms. The predicted octanol–water partition coefficient (Wildman–Crippen LogP) is 3.92. The Morgan fingerprint density at radius 1 is 1.12 bits per heavy atom. The van der Waals surface area contributed by atoms with Crippen molar-refractivity contribution in [2.75, 3.05) is 13.3 Å². The number of hydrogen-bond donors (Lipinski definition) is 1. The number of nitrogens with one attached hydrogen (secondary N) is 1. The van der Waals surface area contributed by atoms with E-state index >= 15 is 0 Å². The Labute approximate surface area is 246 Å². The van der Waals surface area contributed by atoms with E-state index in [2.05, 4.69) is 5.32 Å². The Hall–Kier alpha value is -4.87. The molecule has 0 saturated heterocycles. The summed E-state index contributed by atoms with van der Waals surface area (Å²) in [5.74, 6) is -0.269. The summed E-state index contributed by atoms with van der Waals surface area (Å²) in [4.78, 5) is 56.1. The van der Waals surface area contributed by atoms with Gasteiger partial charge in [-0.05, 0) is 44.9 Å². The fourth-order valence-corrected chi connectivity index (χ4v) is 5.73. The standard InChI is InChI=1S/C31H31N3O9/c1-6-31(42-16(2)35)21-11-23-26-19(13-34(23)27(36)20(21)14-39-28(31)37)17(8-7-9-32-29(38)43-30(3,4)5)18-10-24-25(41-15-40-24)12-22(18)33-26/h7-8,10-12H,6,9,13-15H2,1-5H3,(H,32,38). The Balaban J connectivity index is 1.49. The van der Waals surface area contributed by atoms with Crippen LogP contribution < -0.4 is 20.3 Å². The van der Waals surface area contributed by atoms with Crippen LogP contribution in [-0.4, -0.2) is 46.5 Å². The number of rotatable bonds is 5. The zero-order valence-electron chi connectivity index (χ0n) is 24.5. The highest BCUT2D eigenvalue weighted by Gasteiger charge is 2.50. The fraction of sp³-hybridized carbons (Fsp3) is 0.387. The predicted molar refractivity (Wildman–Crippen MR) is 153 cm³/mol. The van der Waals surface area contributed by atoms with Gasteiger partial charge in [-0.2, -0.15) is 0 Å². The monoisotopic (exact) mass is 589 g/mol. The number of fused-ring (bicyclic) bond motifs is 6. The average molecular weight is 590 g/mol. The molecule has 3 aromatic rings. The summed E-state index contributed by atoms with van der Waals surface area (Å²) >= 11 is 0. The number of carbonyl (C=O) groups excluding carboxylic acids is 3. The first-order valence-corrected chi connectivity index (χ1v) is 14.0. The quantitative estimate of drug-likeness (QED) is 0.269. The summed E-state index contributed by atoms with van der Waals surface area (Å²) in [5.41, 5.74) is 0.996. The highest BCUT2D eigenvalue weighted by Crippen LogP contribution is 2.44. The van der Waals surface area contributed by atoms with Crippen molar-refractivity contribution in [1.29, 1.82) is 0 Å². The molecule has 2 aromatic heterocycles. The summed E-state index contributed by atoms with van der Waals surface area (Å²) in [6, 6.07) is 5.33. The minimum atomic E-state index is -1.74. The third-order valence-corrected chi connectivity index (χ3v) is 7.56. The first kappa shape index (κ1) is 28.3. The van der Waals surface area contributed by atoms with Crippen LogP contribution in [0.3, 0.4) is 0 Å². The number of nitrogens with zero attached hydrogens (tertiary/aromatic N) is 2. The number of benzene rings is 1. The van der Waals surface area contributed by atoms with Gasteiger partial charge in [-0.25, -0.2) is 14.6 Å². The molecule has 1 aromatic carbocycles. The second kappa shape index (κ2) is 10.1. The smallest absolute Gasteiger partial charge is 0.407 e. The molecule has 12 heteroatoms. The molecule has 1 N–H and O–H groups in total. The lowest BCUT2D eigenvalue weighted by Gasteiger charge is -2.35. The third-order valence-electron chi connectivity index (χ3n) is 7.56. The Morgan fingerprint density at radius 3 is 2.56 bits per heavy atom. The van der Waals surface area contributed by atoms with Crippen LogP contribution in [-0.2, 0) is 42.6 Å². The van der Waals surface area contributed by atoms with Crippen molar-refractivity contribution in [1.82, 2.24) is 14.9 Å². The SMILES string of the molecule is CCC1(OC(C)=O)C(=O)OCc2c1cc1n(c2=O)Cc2c-1nc1cc3c(cc1c2C=CCNC(=O)OC(C)(C)C)OCO3. The molecule has 43 heavy (non-hydrogen) atoms.